The van der Waals surface area contributed by atoms with E-state index in [0.717, 1.165) is 18.4 Å². The molecule has 3 heterocycles. The van der Waals surface area contributed by atoms with Gasteiger partial charge in [-0.25, -0.2) is 4.98 Å². The molecule has 0 unspecified atom stereocenters. The first-order valence-corrected chi connectivity index (χ1v) is 12.1. The minimum atomic E-state index is -0.180. The summed E-state index contributed by atoms with van der Waals surface area (Å²) in [6.45, 7) is 6.62. The number of aromatic nitrogens is 2. The minimum absolute atomic E-state index is 0.138. The highest BCUT2D eigenvalue weighted by atomic mass is 32.2. The van der Waals surface area contributed by atoms with Crippen molar-refractivity contribution < 1.29 is 4.79 Å². The molecule has 2 aromatic heterocycles. The fourth-order valence-corrected chi connectivity index (χ4v) is 5.35. The van der Waals surface area contributed by atoms with Crippen molar-refractivity contribution in [3.05, 3.63) is 44.7 Å². The van der Waals surface area contributed by atoms with E-state index in [1.807, 2.05) is 19.1 Å². The van der Waals surface area contributed by atoms with Gasteiger partial charge in [-0.1, -0.05) is 63.2 Å². The van der Waals surface area contributed by atoms with E-state index in [-0.39, 0.29) is 17.5 Å². The number of thiocarbonyl (C=S) groups is 1. The topological polar surface area (TPSA) is 66.7 Å². The second kappa shape index (κ2) is 9.12. The van der Waals surface area contributed by atoms with Gasteiger partial charge < -0.3 is 5.32 Å². The van der Waals surface area contributed by atoms with Crippen molar-refractivity contribution in [2.75, 3.05) is 11.9 Å². The second-order valence-corrected chi connectivity index (χ2v) is 10.5. The molecule has 1 saturated heterocycles. The smallest absolute Gasteiger partial charge is 0.267 e. The molecule has 164 valence electrons. The lowest BCUT2D eigenvalue weighted by Crippen LogP contribution is -2.31. The summed E-state index contributed by atoms with van der Waals surface area (Å²) in [5.41, 5.74) is 1.80. The molecular formula is C23H28N4O2S2. The van der Waals surface area contributed by atoms with E-state index in [1.54, 1.807) is 21.6 Å². The molecule has 1 aliphatic carbocycles. The zero-order chi connectivity index (χ0) is 22.1. The number of nitrogens with zero attached hydrogens (tertiary/aromatic N) is 3. The average molecular weight is 457 g/mol. The summed E-state index contributed by atoms with van der Waals surface area (Å²) in [5, 5.41) is 3.50. The fourth-order valence-electron chi connectivity index (χ4n) is 4.09. The van der Waals surface area contributed by atoms with Crippen LogP contribution < -0.4 is 10.9 Å². The molecule has 0 atom stereocenters. The van der Waals surface area contributed by atoms with Gasteiger partial charge in [-0.15, -0.1) is 0 Å². The molecule has 2 aliphatic rings. The zero-order valence-corrected chi connectivity index (χ0v) is 19.8. The molecule has 0 aromatic carbocycles. The predicted molar refractivity (Wildman–Crippen MR) is 131 cm³/mol. The Labute approximate surface area is 192 Å². The number of thioether (sulfide) groups is 1. The number of rotatable bonds is 5. The lowest BCUT2D eigenvalue weighted by molar-refractivity contribution is -0.122. The number of anilines is 1. The van der Waals surface area contributed by atoms with Crippen LogP contribution in [0.15, 0.2) is 28.0 Å². The molecule has 1 amide bonds. The summed E-state index contributed by atoms with van der Waals surface area (Å²) >= 11 is 6.69. The summed E-state index contributed by atoms with van der Waals surface area (Å²) in [4.78, 5) is 33.3. The molecule has 1 N–H and O–H groups in total. The number of nitrogens with one attached hydrogen (secondary N) is 1. The van der Waals surface area contributed by atoms with Gasteiger partial charge in [0.1, 0.15) is 15.8 Å². The maximum absolute atomic E-state index is 13.4. The maximum atomic E-state index is 13.4. The van der Waals surface area contributed by atoms with Crippen molar-refractivity contribution >= 4 is 51.7 Å². The Balaban J connectivity index is 1.79. The molecule has 31 heavy (non-hydrogen) atoms. The number of pyridine rings is 1. The SMILES string of the molecule is Cc1ccc2nc(NC3CCCCC3)c(/C=C3/SC(=S)N(CC(C)C)C3=O)c(=O)n2c1. The van der Waals surface area contributed by atoms with Crippen LogP contribution in [0.25, 0.3) is 11.7 Å². The van der Waals surface area contributed by atoms with E-state index in [9.17, 15) is 9.59 Å². The number of hydrogen-bond acceptors (Lipinski definition) is 6. The van der Waals surface area contributed by atoms with Gasteiger partial charge in [0.25, 0.3) is 11.5 Å². The van der Waals surface area contributed by atoms with Gasteiger partial charge in [0.05, 0.1) is 10.5 Å². The Morgan fingerprint density at radius 2 is 2.00 bits per heavy atom. The third kappa shape index (κ3) is 4.70. The first-order chi connectivity index (χ1) is 14.8. The van der Waals surface area contributed by atoms with E-state index in [2.05, 4.69) is 19.2 Å². The van der Waals surface area contributed by atoms with Crippen molar-refractivity contribution in [2.24, 2.45) is 5.92 Å². The maximum Gasteiger partial charge on any atom is 0.267 e. The Hall–Kier alpha value is -2.19. The van der Waals surface area contributed by atoms with Gasteiger partial charge >= 0.3 is 0 Å². The molecule has 1 aliphatic heterocycles. The van der Waals surface area contributed by atoms with Gasteiger partial charge in [-0.2, -0.15) is 0 Å². The standard InChI is InChI=1S/C23H28N4O2S2/c1-14(2)12-27-22(29)18(31-23(27)30)11-17-20(24-16-7-5-4-6-8-16)25-19-10-9-15(3)13-26(19)21(17)28/h9-11,13-14,16,24H,4-8,12H2,1-3H3/b18-11+. The van der Waals surface area contributed by atoms with E-state index in [1.165, 1.54) is 31.0 Å². The largest absolute Gasteiger partial charge is 0.367 e. The molecule has 4 rings (SSSR count). The number of amides is 1. The van der Waals surface area contributed by atoms with Gasteiger partial charge in [-0.05, 0) is 43.4 Å². The van der Waals surface area contributed by atoms with Crippen molar-refractivity contribution in [1.82, 2.24) is 14.3 Å². The van der Waals surface area contributed by atoms with Crippen LogP contribution in [0.1, 0.15) is 57.1 Å². The van der Waals surface area contributed by atoms with Crippen LogP contribution in [-0.2, 0) is 4.79 Å². The van der Waals surface area contributed by atoms with E-state index in [0.29, 0.717) is 38.7 Å². The van der Waals surface area contributed by atoms with Gasteiger partial charge in [0.15, 0.2) is 0 Å². The summed E-state index contributed by atoms with van der Waals surface area (Å²) in [6, 6.07) is 4.09. The molecule has 0 bridgehead atoms. The Kier molecular flexibility index (Phi) is 6.48. The van der Waals surface area contributed by atoms with Crippen LogP contribution in [0, 0.1) is 12.8 Å². The normalized spacial score (nSPS) is 19.2. The third-order valence-corrected chi connectivity index (χ3v) is 7.03. The Morgan fingerprint density at radius 1 is 1.26 bits per heavy atom. The summed E-state index contributed by atoms with van der Waals surface area (Å²) in [5.74, 6) is 0.720. The molecule has 1 saturated carbocycles. The summed E-state index contributed by atoms with van der Waals surface area (Å²) in [6.07, 6.45) is 9.18. The van der Waals surface area contributed by atoms with Crippen molar-refractivity contribution in [1.29, 1.82) is 0 Å². The van der Waals surface area contributed by atoms with E-state index >= 15 is 0 Å². The molecule has 0 radical (unpaired) electrons. The fraction of sp³-hybridized carbons (Fsp3) is 0.478. The van der Waals surface area contributed by atoms with Crippen LogP contribution in [0.2, 0.25) is 0 Å². The molecule has 0 spiro atoms. The highest BCUT2D eigenvalue weighted by molar-refractivity contribution is 8.26. The van der Waals surface area contributed by atoms with Crippen LogP contribution in [0.5, 0.6) is 0 Å². The highest BCUT2D eigenvalue weighted by Gasteiger charge is 2.33. The summed E-state index contributed by atoms with van der Waals surface area (Å²) < 4.78 is 2.10. The van der Waals surface area contributed by atoms with E-state index < -0.39 is 0 Å². The van der Waals surface area contributed by atoms with Crippen molar-refractivity contribution in [3.63, 3.8) is 0 Å². The molecule has 2 fully saturated rings. The second-order valence-electron chi connectivity index (χ2n) is 8.78. The number of carbonyl (C=O) groups is 1. The zero-order valence-electron chi connectivity index (χ0n) is 18.2. The lowest BCUT2D eigenvalue weighted by Gasteiger charge is -2.24. The number of fused-ring (bicyclic) bond motifs is 1. The quantitative estimate of drug-likeness (QED) is 0.524. The monoisotopic (exact) mass is 456 g/mol. The minimum Gasteiger partial charge on any atom is -0.367 e. The Morgan fingerprint density at radius 3 is 2.71 bits per heavy atom. The average Bonchev–Trinajstić information content (AvgIpc) is 2.99. The molecule has 6 nitrogen and oxygen atoms in total. The lowest BCUT2D eigenvalue weighted by atomic mass is 9.95. The first-order valence-electron chi connectivity index (χ1n) is 10.9. The number of aryl methyl sites for hydroxylation is 1. The van der Waals surface area contributed by atoms with Crippen LogP contribution in [0.3, 0.4) is 0 Å². The van der Waals surface area contributed by atoms with Gasteiger partial charge in [0.2, 0.25) is 0 Å². The molecular weight excluding hydrogens is 428 g/mol. The number of hydrogen-bond donors (Lipinski definition) is 1. The predicted octanol–water partition coefficient (Wildman–Crippen LogP) is 4.60. The number of carbonyl (C=O) groups excluding carboxylic acids is 1. The third-order valence-electron chi connectivity index (χ3n) is 5.65. The Bertz CT molecular complexity index is 1120. The van der Waals surface area contributed by atoms with Crippen LogP contribution >= 0.6 is 24.0 Å². The molecule has 2 aromatic rings. The summed E-state index contributed by atoms with van der Waals surface area (Å²) in [7, 11) is 0. The van der Waals surface area contributed by atoms with Crippen LogP contribution in [-0.4, -0.2) is 37.1 Å². The van der Waals surface area contributed by atoms with Crippen molar-refractivity contribution in [2.45, 2.75) is 58.9 Å². The first kappa shape index (κ1) is 22.0. The molecule has 8 heteroatoms. The highest BCUT2D eigenvalue weighted by Crippen LogP contribution is 2.34. The van der Waals surface area contributed by atoms with Crippen molar-refractivity contribution in [3.8, 4) is 0 Å². The van der Waals surface area contributed by atoms with Gasteiger partial charge in [-0.3, -0.25) is 18.9 Å². The van der Waals surface area contributed by atoms with E-state index in [4.69, 9.17) is 17.2 Å². The van der Waals surface area contributed by atoms with Crippen LogP contribution in [0.4, 0.5) is 5.82 Å². The van der Waals surface area contributed by atoms with Gasteiger partial charge in [0, 0.05) is 18.8 Å².